The Kier molecular flexibility index (Phi) is 5.12. The molecule has 11 atom stereocenters. The fourth-order valence-electron chi connectivity index (χ4n) is 8.55. The molecular weight excluding hydrogens is 356 g/mol. The first-order valence-electron chi connectivity index (χ1n) is 11.3. The smallest absolute Gasteiger partial charge is 0.303 e. The van der Waals surface area contributed by atoms with Crippen LogP contribution >= 0.6 is 0 Å². The lowest BCUT2D eigenvalue weighted by molar-refractivity contribution is -0.207. The Bertz CT molecular complexity index is 622. The lowest BCUT2D eigenvalue weighted by Gasteiger charge is -2.63. The summed E-state index contributed by atoms with van der Waals surface area (Å²) in [5.74, 6) is 0.510. The fraction of sp³-hybridized carbons (Fsp3) is 0.957. The van der Waals surface area contributed by atoms with Gasteiger partial charge in [0, 0.05) is 6.42 Å². The minimum atomic E-state index is -0.767. The first-order chi connectivity index (χ1) is 13.1. The molecule has 4 fully saturated rings. The van der Waals surface area contributed by atoms with Crippen LogP contribution < -0.4 is 0 Å². The van der Waals surface area contributed by atoms with Gasteiger partial charge in [0.25, 0.3) is 0 Å². The van der Waals surface area contributed by atoms with Gasteiger partial charge in [0.1, 0.15) is 0 Å². The minimum absolute atomic E-state index is 0.0348. The summed E-state index contributed by atoms with van der Waals surface area (Å²) in [7, 11) is 0. The van der Waals surface area contributed by atoms with Crippen LogP contribution in [0, 0.1) is 46.3 Å². The van der Waals surface area contributed by atoms with E-state index in [9.17, 15) is 25.2 Å². The summed E-state index contributed by atoms with van der Waals surface area (Å²) in [5.41, 5.74) is -0.232. The zero-order chi connectivity index (χ0) is 20.4. The van der Waals surface area contributed by atoms with E-state index in [-0.39, 0.29) is 59.0 Å². The van der Waals surface area contributed by atoms with Gasteiger partial charge in [0.05, 0.1) is 18.3 Å². The predicted molar refractivity (Wildman–Crippen MR) is 105 cm³/mol. The summed E-state index contributed by atoms with van der Waals surface area (Å²) in [6.07, 6.45) is 5.02. The molecule has 0 radical (unpaired) electrons. The Labute approximate surface area is 168 Å². The SMILES string of the molecule is C[C@H](CC(=O)O)[C@@H]1CC[C@@H]2[C@H]3[C@H](O)C[C@H]4C[C@@H](O)CC[C@]4(C)[C@@H]3C[C@@H](O)[C@@]21C. The lowest BCUT2D eigenvalue weighted by atomic mass is 9.43. The van der Waals surface area contributed by atoms with E-state index in [0.29, 0.717) is 12.3 Å². The number of aliphatic hydroxyl groups excluding tert-OH is 3. The Morgan fingerprint density at radius 2 is 1.75 bits per heavy atom. The number of fused-ring (bicyclic) bond motifs is 5. The van der Waals surface area contributed by atoms with Crippen LogP contribution in [0.4, 0.5) is 0 Å². The molecule has 0 saturated heterocycles. The first-order valence-corrected chi connectivity index (χ1v) is 11.3. The summed E-state index contributed by atoms with van der Waals surface area (Å²) >= 11 is 0. The lowest BCUT2D eigenvalue weighted by Crippen LogP contribution is -2.62. The quantitative estimate of drug-likeness (QED) is 0.590. The molecule has 0 spiro atoms. The van der Waals surface area contributed by atoms with Crippen molar-refractivity contribution in [2.75, 3.05) is 0 Å². The molecule has 4 rings (SSSR count). The van der Waals surface area contributed by atoms with Crippen molar-refractivity contribution in [1.82, 2.24) is 0 Å². The maximum absolute atomic E-state index is 11.4. The number of hydrogen-bond acceptors (Lipinski definition) is 4. The maximum atomic E-state index is 11.4. The van der Waals surface area contributed by atoms with Crippen LogP contribution in [0.25, 0.3) is 0 Å². The third kappa shape index (κ3) is 2.87. The first kappa shape index (κ1) is 20.6. The van der Waals surface area contributed by atoms with Crippen molar-refractivity contribution >= 4 is 5.97 Å². The van der Waals surface area contributed by atoms with E-state index in [1.54, 1.807) is 0 Å². The normalized spacial score (nSPS) is 54.4. The van der Waals surface area contributed by atoms with Gasteiger partial charge in [-0.05, 0) is 91.3 Å². The minimum Gasteiger partial charge on any atom is -0.481 e. The predicted octanol–water partition coefficient (Wildman–Crippen LogP) is 3.06. The number of aliphatic hydroxyl groups is 3. The molecule has 0 aromatic heterocycles. The standard InChI is InChI=1S/C23H38O5/c1-12(8-20(27)28)15-4-5-16-21-17(11-19(26)23(15,16)3)22(2)7-6-14(24)9-13(22)10-18(21)25/h12-19,21,24-26H,4-11H2,1-3H3,(H,27,28)/t12-,13-,14+,15+,16-,17-,18-,19-,21-,22+,23-/m1/s1. The molecule has 4 aliphatic rings. The highest BCUT2D eigenvalue weighted by Gasteiger charge is 2.65. The third-order valence-electron chi connectivity index (χ3n) is 10.0. The van der Waals surface area contributed by atoms with Crippen LogP contribution in [0.15, 0.2) is 0 Å². The summed E-state index contributed by atoms with van der Waals surface area (Å²) in [5, 5.41) is 42.1. The molecule has 4 N–H and O–H groups in total. The zero-order valence-corrected chi connectivity index (χ0v) is 17.6. The number of carboxylic acids is 1. The van der Waals surface area contributed by atoms with Gasteiger partial charge < -0.3 is 20.4 Å². The average Bonchev–Trinajstić information content (AvgIpc) is 2.95. The number of carboxylic acid groups (broad SMARTS) is 1. The molecule has 0 amide bonds. The van der Waals surface area contributed by atoms with Crippen molar-refractivity contribution in [3.05, 3.63) is 0 Å². The molecule has 0 heterocycles. The van der Waals surface area contributed by atoms with E-state index >= 15 is 0 Å². The van der Waals surface area contributed by atoms with E-state index in [2.05, 4.69) is 13.8 Å². The van der Waals surface area contributed by atoms with Crippen LogP contribution in [0.2, 0.25) is 0 Å². The molecule has 0 aromatic carbocycles. The highest BCUT2D eigenvalue weighted by atomic mass is 16.4. The molecule has 5 nitrogen and oxygen atoms in total. The molecule has 4 aliphatic carbocycles. The topological polar surface area (TPSA) is 98.0 Å². The second-order valence-electron chi connectivity index (χ2n) is 11.1. The van der Waals surface area contributed by atoms with Gasteiger partial charge in [-0.3, -0.25) is 4.79 Å². The largest absolute Gasteiger partial charge is 0.481 e. The highest BCUT2D eigenvalue weighted by molar-refractivity contribution is 5.67. The molecule has 160 valence electrons. The van der Waals surface area contributed by atoms with Gasteiger partial charge in [-0.25, -0.2) is 0 Å². The monoisotopic (exact) mass is 394 g/mol. The van der Waals surface area contributed by atoms with E-state index in [1.807, 2.05) is 6.92 Å². The van der Waals surface area contributed by atoms with E-state index in [4.69, 9.17) is 0 Å². The van der Waals surface area contributed by atoms with Crippen molar-refractivity contribution < 1.29 is 25.2 Å². The molecule has 28 heavy (non-hydrogen) atoms. The average molecular weight is 395 g/mol. The van der Waals surface area contributed by atoms with Gasteiger partial charge in [0.2, 0.25) is 0 Å². The van der Waals surface area contributed by atoms with E-state index in [1.165, 1.54) is 0 Å². The van der Waals surface area contributed by atoms with E-state index < -0.39 is 12.1 Å². The van der Waals surface area contributed by atoms with E-state index in [0.717, 1.165) is 38.5 Å². The third-order valence-corrected chi connectivity index (χ3v) is 10.0. The van der Waals surface area contributed by atoms with Crippen LogP contribution in [-0.2, 0) is 4.79 Å². The Balaban J connectivity index is 1.65. The summed E-state index contributed by atoms with van der Waals surface area (Å²) in [6.45, 7) is 6.52. The number of carbonyl (C=O) groups is 1. The Hall–Kier alpha value is -0.650. The number of hydrogen-bond donors (Lipinski definition) is 4. The van der Waals surface area contributed by atoms with Crippen LogP contribution in [0.3, 0.4) is 0 Å². The van der Waals surface area contributed by atoms with Gasteiger partial charge in [-0.15, -0.1) is 0 Å². The number of aliphatic carboxylic acids is 1. The molecule has 0 aromatic rings. The maximum Gasteiger partial charge on any atom is 0.303 e. The van der Waals surface area contributed by atoms with Gasteiger partial charge in [-0.1, -0.05) is 20.8 Å². The molecular formula is C23H38O5. The van der Waals surface area contributed by atoms with Gasteiger partial charge >= 0.3 is 5.97 Å². The molecule has 4 saturated carbocycles. The zero-order valence-electron chi connectivity index (χ0n) is 17.6. The van der Waals surface area contributed by atoms with Gasteiger partial charge in [-0.2, -0.15) is 0 Å². The second kappa shape index (κ2) is 6.95. The summed E-state index contributed by atoms with van der Waals surface area (Å²) < 4.78 is 0. The van der Waals surface area contributed by atoms with Crippen molar-refractivity contribution in [3.63, 3.8) is 0 Å². The van der Waals surface area contributed by atoms with Crippen molar-refractivity contribution in [2.24, 2.45) is 46.3 Å². The van der Waals surface area contributed by atoms with Crippen molar-refractivity contribution in [1.29, 1.82) is 0 Å². The van der Waals surface area contributed by atoms with Crippen LogP contribution in [0.1, 0.15) is 72.1 Å². The van der Waals surface area contributed by atoms with Crippen molar-refractivity contribution in [3.8, 4) is 0 Å². The highest BCUT2D eigenvalue weighted by Crippen LogP contribution is 2.68. The molecule has 5 heteroatoms. The van der Waals surface area contributed by atoms with Crippen LogP contribution in [-0.4, -0.2) is 44.7 Å². The fourth-order valence-corrected chi connectivity index (χ4v) is 8.55. The summed E-state index contributed by atoms with van der Waals surface area (Å²) in [6, 6.07) is 0. The Morgan fingerprint density at radius 1 is 1.04 bits per heavy atom. The van der Waals surface area contributed by atoms with Gasteiger partial charge in [0.15, 0.2) is 0 Å². The second-order valence-corrected chi connectivity index (χ2v) is 11.1. The molecule has 0 unspecified atom stereocenters. The van der Waals surface area contributed by atoms with Crippen LogP contribution in [0.5, 0.6) is 0 Å². The summed E-state index contributed by atoms with van der Waals surface area (Å²) in [4.78, 5) is 11.3. The molecule has 0 aliphatic heterocycles. The number of rotatable bonds is 3. The van der Waals surface area contributed by atoms with Crippen molar-refractivity contribution in [2.45, 2.75) is 90.4 Å². The molecule has 0 bridgehead atoms. The Morgan fingerprint density at radius 3 is 2.43 bits per heavy atom.